The van der Waals surface area contributed by atoms with Gasteiger partial charge in [0.2, 0.25) is 5.91 Å². The molecule has 1 atom stereocenters. The van der Waals surface area contributed by atoms with Gasteiger partial charge in [-0.1, -0.05) is 48.2 Å². The molecule has 2 aromatic carbocycles. The molecule has 2 amide bonds. The summed E-state index contributed by atoms with van der Waals surface area (Å²) >= 11 is 0.783. The summed E-state index contributed by atoms with van der Waals surface area (Å²) in [6, 6.07) is 12.7. The van der Waals surface area contributed by atoms with Crippen LogP contribution >= 0.6 is 11.8 Å². The summed E-state index contributed by atoms with van der Waals surface area (Å²) in [6.45, 7) is 0.0894. The lowest BCUT2D eigenvalue weighted by Crippen LogP contribution is -2.32. The van der Waals surface area contributed by atoms with Crippen LogP contribution in [0.4, 0.5) is 18.0 Å². The molecule has 4 rings (SSSR count). The first-order valence-corrected chi connectivity index (χ1v) is 9.44. The Kier molecular flexibility index (Phi) is 4.66. The fourth-order valence-electron chi connectivity index (χ4n) is 3.38. The number of nitrogens with one attached hydrogen (secondary N) is 1. The zero-order valence-electron chi connectivity index (χ0n) is 14.5. The number of carbonyl (C=O) groups excluding carboxylic acids is 2. The van der Waals surface area contributed by atoms with Crippen LogP contribution in [0.2, 0.25) is 0 Å². The largest absolute Gasteiger partial charge is 0.416 e. The number of halogens is 3. The van der Waals surface area contributed by atoms with Crippen molar-refractivity contribution in [3.05, 3.63) is 71.4 Å². The Labute approximate surface area is 162 Å². The highest BCUT2D eigenvalue weighted by atomic mass is 32.2. The summed E-state index contributed by atoms with van der Waals surface area (Å²) in [4.78, 5) is 29.3. The molecule has 0 bridgehead atoms. The highest BCUT2D eigenvalue weighted by Crippen LogP contribution is 2.36. The molecule has 0 saturated carbocycles. The van der Waals surface area contributed by atoms with Crippen LogP contribution in [0, 0.1) is 0 Å². The minimum absolute atomic E-state index is 0.0163. The van der Waals surface area contributed by atoms with Crippen molar-refractivity contribution in [3.63, 3.8) is 0 Å². The Morgan fingerprint density at radius 3 is 2.50 bits per heavy atom. The van der Waals surface area contributed by atoms with Gasteiger partial charge in [-0.05, 0) is 29.7 Å². The van der Waals surface area contributed by atoms with E-state index in [2.05, 4.69) is 4.98 Å². The molecule has 1 aromatic heterocycles. The molecule has 144 valence electrons. The Morgan fingerprint density at radius 1 is 1.00 bits per heavy atom. The van der Waals surface area contributed by atoms with Gasteiger partial charge in [0, 0.05) is 17.1 Å². The van der Waals surface area contributed by atoms with Gasteiger partial charge >= 0.3 is 6.18 Å². The molecule has 0 aliphatic carbocycles. The number of fused-ring (bicyclic) bond motifs is 1. The Hall–Kier alpha value is -2.74. The molecule has 0 spiro atoms. The zero-order valence-corrected chi connectivity index (χ0v) is 15.3. The lowest BCUT2D eigenvalue weighted by molar-refractivity contribution is -0.138. The van der Waals surface area contributed by atoms with Crippen LogP contribution in [0.15, 0.2) is 54.7 Å². The number of thioether (sulfide) groups is 1. The number of para-hydroxylation sites is 1. The van der Waals surface area contributed by atoms with Gasteiger partial charge < -0.3 is 4.98 Å². The maximum atomic E-state index is 13.2. The maximum Gasteiger partial charge on any atom is 0.416 e. The number of amides is 2. The van der Waals surface area contributed by atoms with E-state index >= 15 is 0 Å². The van der Waals surface area contributed by atoms with Gasteiger partial charge in [-0.2, -0.15) is 13.2 Å². The lowest BCUT2D eigenvalue weighted by atomic mass is 10.0. The van der Waals surface area contributed by atoms with Crippen molar-refractivity contribution in [3.8, 4) is 0 Å². The fraction of sp³-hybridized carbons (Fsp3) is 0.200. The molecular weight excluding hydrogens is 389 g/mol. The van der Waals surface area contributed by atoms with Crippen molar-refractivity contribution in [1.82, 2.24) is 9.88 Å². The first kappa shape index (κ1) is 18.6. The van der Waals surface area contributed by atoms with Crippen LogP contribution in [-0.4, -0.2) is 26.3 Å². The lowest BCUT2D eigenvalue weighted by Gasteiger charge is -2.15. The Balaban J connectivity index is 1.55. The molecule has 1 aliphatic rings. The number of benzene rings is 2. The third kappa shape index (κ3) is 3.40. The highest BCUT2D eigenvalue weighted by molar-refractivity contribution is 8.15. The summed E-state index contributed by atoms with van der Waals surface area (Å²) < 4.78 is 39.6. The van der Waals surface area contributed by atoms with E-state index in [9.17, 15) is 22.8 Å². The molecule has 4 nitrogen and oxygen atoms in total. The first-order chi connectivity index (χ1) is 13.3. The molecule has 28 heavy (non-hydrogen) atoms. The van der Waals surface area contributed by atoms with Crippen molar-refractivity contribution >= 4 is 33.8 Å². The van der Waals surface area contributed by atoms with Gasteiger partial charge in [-0.25, -0.2) is 0 Å². The topological polar surface area (TPSA) is 53.2 Å². The van der Waals surface area contributed by atoms with Crippen LogP contribution in [0.1, 0.15) is 16.7 Å². The van der Waals surface area contributed by atoms with E-state index in [0.29, 0.717) is 0 Å². The molecule has 1 fully saturated rings. The molecule has 1 unspecified atom stereocenters. The number of aromatic nitrogens is 1. The molecule has 3 aromatic rings. The van der Waals surface area contributed by atoms with Crippen LogP contribution in [0.25, 0.3) is 10.9 Å². The predicted octanol–water partition coefficient (Wildman–Crippen LogP) is 4.99. The van der Waals surface area contributed by atoms with Gasteiger partial charge in [-0.15, -0.1) is 0 Å². The monoisotopic (exact) mass is 404 g/mol. The standard InChI is InChI=1S/C20H15F3N2O2S/c21-20(22,23)15-7-3-1-5-12(15)9-17-18(26)25(19(27)28-17)11-13-10-24-16-8-4-2-6-14(13)16/h1-8,10,17,24H,9,11H2. The number of nitrogens with zero attached hydrogens (tertiary/aromatic N) is 1. The average Bonchev–Trinajstić information content (AvgIpc) is 3.18. The smallest absolute Gasteiger partial charge is 0.361 e. The van der Waals surface area contributed by atoms with Crippen molar-refractivity contribution in [2.75, 3.05) is 0 Å². The van der Waals surface area contributed by atoms with Gasteiger partial charge in [0.25, 0.3) is 5.24 Å². The molecule has 1 saturated heterocycles. The van der Waals surface area contributed by atoms with Crippen molar-refractivity contribution < 1.29 is 22.8 Å². The fourth-order valence-corrected chi connectivity index (χ4v) is 4.39. The van der Waals surface area contributed by atoms with Crippen molar-refractivity contribution in [2.24, 2.45) is 0 Å². The molecule has 8 heteroatoms. The normalized spacial score (nSPS) is 17.7. The predicted molar refractivity (Wildman–Crippen MR) is 101 cm³/mol. The number of imide groups is 1. The zero-order chi connectivity index (χ0) is 19.9. The van der Waals surface area contributed by atoms with E-state index in [0.717, 1.165) is 39.2 Å². The molecule has 2 heterocycles. The number of rotatable bonds is 4. The number of aromatic amines is 1. The van der Waals surface area contributed by atoms with Crippen LogP contribution in [-0.2, 0) is 23.9 Å². The average molecular weight is 404 g/mol. The van der Waals surface area contributed by atoms with Gasteiger partial charge in [-0.3, -0.25) is 14.5 Å². The van der Waals surface area contributed by atoms with Crippen molar-refractivity contribution in [2.45, 2.75) is 24.4 Å². The maximum absolute atomic E-state index is 13.2. The molecular formula is C20H15F3N2O2S. The van der Waals surface area contributed by atoms with E-state index in [4.69, 9.17) is 0 Å². The van der Waals surface area contributed by atoms with Gasteiger partial charge in [0.05, 0.1) is 17.4 Å². The SMILES string of the molecule is O=C1SC(Cc2ccccc2C(F)(F)F)C(=O)N1Cc1c[nH]c2ccccc12. The number of carbonyl (C=O) groups is 2. The van der Waals surface area contributed by atoms with E-state index in [1.807, 2.05) is 24.3 Å². The van der Waals surface area contributed by atoms with E-state index < -0.39 is 28.1 Å². The second-order valence-electron chi connectivity index (χ2n) is 6.52. The van der Waals surface area contributed by atoms with Crippen LogP contribution in [0.3, 0.4) is 0 Å². The second kappa shape index (κ2) is 7.01. The minimum Gasteiger partial charge on any atom is -0.361 e. The van der Waals surface area contributed by atoms with Crippen molar-refractivity contribution in [1.29, 1.82) is 0 Å². The summed E-state index contributed by atoms with van der Waals surface area (Å²) in [5.74, 6) is -0.461. The second-order valence-corrected chi connectivity index (χ2v) is 7.67. The number of alkyl halides is 3. The third-order valence-electron chi connectivity index (χ3n) is 4.74. The molecule has 1 N–H and O–H groups in total. The quantitative estimate of drug-likeness (QED) is 0.666. The van der Waals surface area contributed by atoms with E-state index in [1.165, 1.54) is 18.2 Å². The molecule has 1 aliphatic heterocycles. The number of hydrogen-bond acceptors (Lipinski definition) is 3. The summed E-state index contributed by atoms with van der Waals surface area (Å²) in [7, 11) is 0. The van der Waals surface area contributed by atoms with Gasteiger partial charge in [0.1, 0.15) is 0 Å². The number of H-pyrrole nitrogens is 1. The van der Waals surface area contributed by atoms with Gasteiger partial charge in [0.15, 0.2) is 0 Å². The molecule has 0 radical (unpaired) electrons. The highest BCUT2D eigenvalue weighted by Gasteiger charge is 2.41. The Morgan fingerprint density at radius 2 is 1.71 bits per heavy atom. The van der Waals surface area contributed by atoms with E-state index in [-0.39, 0.29) is 18.5 Å². The first-order valence-electron chi connectivity index (χ1n) is 8.56. The summed E-state index contributed by atoms with van der Waals surface area (Å²) in [5.41, 5.74) is 0.919. The van der Waals surface area contributed by atoms with Crippen LogP contribution in [0.5, 0.6) is 0 Å². The summed E-state index contributed by atoms with van der Waals surface area (Å²) in [6.07, 6.45) is -2.91. The van der Waals surface area contributed by atoms with Crippen LogP contribution < -0.4 is 0 Å². The van der Waals surface area contributed by atoms with E-state index in [1.54, 1.807) is 6.20 Å². The summed E-state index contributed by atoms with van der Waals surface area (Å²) in [5, 5.41) is -0.398. The number of hydrogen-bond donors (Lipinski definition) is 1. The minimum atomic E-state index is -4.50. The third-order valence-corrected chi connectivity index (χ3v) is 5.81. The Bertz CT molecular complexity index is 1060.